The molecule has 4 nitrogen and oxygen atoms in total. The van der Waals surface area contributed by atoms with E-state index in [0.29, 0.717) is 26.2 Å². The van der Waals surface area contributed by atoms with Gasteiger partial charge >= 0.3 is 5.97 Å². The Labute approximate surface area is 190 Å². The van der Waals surface area contributed by atoms with Crippen LogP contribution in [0.2, 0.25) is 0 Å². The lowest BCUT2D eigenvalue weighted by atomic mass is 10.0. The topological polar surface area (TPSA) is 44.8 Å². The van der Waals surface area contributed by atoms with Crippen molar-refractivity contribution < 1.29 is 19.0 Å². The summed E-state index contributed by atoms with van der Waals surface area (Å²) in [4.78, 5) is 12.0. The van der Waals surface area contributed by atoms with E-state index in [1.807, 2.05) is 55.5 Å². The molecule has 0 amide bonds. The Bertz CT molecular complexity index is 976. The van der Waals surface area contributed by atoms with Crippen LogP contribution in [0.1, 0.15) is 25.0 Å². The highest BCUT2D eigenvalue weighted by molar-refractivity contribution is 5.75. The minimum atomic E-state index is -0.581. The van der Waals surface area contributed by atoms with Crippen LogP contribution in [-0.4, -0.2) is 31.9 Å². The van der Waals surface area contributed by atoms with Gasteiger partial charge in [-0.1, -0.05) is 72.8 Å². The predicted molar refractivity (Wildman–Crippen MR) is 129 cm³/mol. The van der Waals surface area contributed by atoms with E-state index in [0.717, 1.165) is 16.9 Å². The molecule has 0 saturated carbocycles. The lowest BCUT2D eigenvalue weighted by Crippen LogP contribution is -2.28. The van der Waals surface area contributed by atoms with Crippen LogP contribution < -0.4 is 4.74 Å². The number of rotatable bonds is 11. The van der Waals surface area contributed by atoms with E-state index in [4.69, 9.17) is 14.2 Å². The van der Waals surface area contributed by atoms with Gasteiger partial charge in [-0.2, -0.15) is 0 Å². The molecule has 3 aromatic carbocycles. The molecule has 32 heavy (non-hydrogen) atoms. The molecule has 0 saturated heterocycles. The largest absolute Gasteiger partial charge is 0.490 e. The van der Waals surface area contributed by atoms with Gasteiger partial charge in [0, 0.05) is 13.0 Å². The van der Waals surface area contributed by atoms with Crippen LogP contribution in [0.15, 0.2) is 84.9 Å². The normalized spacial score (nSPS) is 11.9. The van der Waals surface area contributed by atoms with Crippen molar-refractivity contribution in [3.63, 3.8) is 0 Å². The van der Waals surface area contributed by atoms with Crippen molar-refractivity contribution >= 4 is 12.0 Å². The third-order valence-electron chi connectivity index (χ3n) is 4.94. The summed E-state index contributed by atoms with van der Waals surface area (Å²) in [7, 11) is 0. The summed E-state index contributed by atoms with van der Waals surface area (Å²) in [6.45, 7) is 4.95. The highest BCUT2D eigenvalue weighted by Gasteiger charge is 2.20. The number of benzene rings is 3. The summed E-state index contributed by atoms with van der Waals surface area (Å²) < 4.78 is 16.4. The van der Waals surface area contributed by atoms with Crippen molar-refractivity contribution in [3.8, 4) is 16.9 Å². The molecular weight excluding hydrogens is 400 g/mol. The van der Waals surface area contributed by atoms with Crippen LogP contribution in [0.5, 0.6) is 5.75 Å². The standard InChI is InChI=1S/C28H30O4/c1-3-30-27(28(29)31-4-2)21-23-14-18-26(19-15-23)32-20-8-9-22-12-16-25(17-13-22)24-10-6-5-7-11-24/h5-19,27H,3-4,20-21H2,1-2H3/b9-8+. The molecule has 3 rings (SSSR count). The van der Waals surface area contributed by atoms with Gasteiger partial charge in [-0.25, -0.2) is 4.79 Å². The predicted octanol–water partition coefficient (Wildman–Crippen LogP) is 5.96. The summed E-state index contributed by atoms with van der Waals surface area (Å²) in [6, 6.07) is 26.5. The van der Waals surface area contributed by atoms with Crippen molar-refractivity contribution in [2.75, 3.05) is 19.8 Å². The lowest BCUT2D eigenvalue weighted by Gasteiger charge is -2.15. The number of carbonyl (C=O) groups is 1. The molecule has 4 heteroatoms. The lowest BCUT2D eigenvalue weighted by molar-refractivity contribution is -0.156. The maximum Gasteiger partial charge on any atom is 0.335 e. The van der Waals surface area contributed by atoms with Gasteiger partial charge in [-0.15, -0.1) is 0 Å². The molecule has 0 aliphatic carbocycles. The Kier molecular flexibility index (Phi) is 9.08. The molecule has 0 aromatic heterocycles. The Hall–Kier alpha value is -3.37. The number of carbonyl (C=O) groups excluding carboxylic acids is 1. The Morgan fingerprint density at radius 3 is 2.19 bits per heavy atom. The van der Waals surface area contributed by atoms with Gasteiger partial charge in [0.1, 0.15) is 12.4 Å². The SMILES string of the molecule is CCOC(=O)C(Cc1ccc(OC/C=C/c2ccc(-c3ccccc3)cc2)cc1)OCC. The van der Waals surface area contributed by atoms with Gasteiger partial charge in [-0.3, -0.25) is 0 Å². The number of esters is 1. The van der Waals surface area contributed by atoms with Gasteiger partial charge in [-0.05, 0) is 54.3 Å². The summed E-state index contributed by atoms with van der Waals surface area (Å²) in [6.07, 6.45) is 3.95. The fraction of sp³-hybridized carbons (Fsp3) is 0.250. The third-order valence-corrected chi connectivity index (χ3v) is 4.94. The molecule has 1 unspecified atom stereocenters. The molecule has 0 aliphatic rings. The zero-order valence-corrected chi connectivity index (χ0v) is 18.7. The minimum Gasteiger partial charge on any atom is -0.490 e. The second-order valence-electron chi connectivity index (χ2n) is 7.25. The first-order valence-electron chi connectivity index (χ1n) is 11.0. The van der Waals surface area contributed by atoms with E-state index in [1.165, 1.54) is 11.1 Å². The van der Waals surface area contributed by atoms with Crippen molar-refractivity contribution in [3.05, 3.63) is 96.1 Å². The van der Waals surface area contributed by atoms with Crippen molar-refractivity contribution in [1.82, 2.24) is 0 Å². The fourth-order valence-electron chi connectivity index (χ4n) is 3.33. The second kappa shape index (κ2) is 12.5. The van der Waals surface area contributed by atoms with E-state index in [9.17, 15) is 4.79 Å². The maximum atomic E-state index is 12.0. The number of hydrogen-bond donors (Lipinski definition) is 0. The van der Waals surface area contributed by atoms with Crippen LogP contribution in [0.4, 0.5) is 0 Å². The van der Waals surface area contributed by atoms with Crippen LogP contribution in [0.3, 0.4) is 0 Å². The molecule has 166 valence electrons. The first-order chi connectivity index (χ1) is 15.7. The first kappa shape index (κ1) is 23.3. The van der Waals surface area contributed by atoms with Crippen molar-refractivity contribution in [2.24, 2.45) is 0 Å². The molecule has 0 bridgehead atoms. The van der Waals surface area contributed by atoms with Gasteiger partial charge in [0.15, 0.2) is 6.10 Å². The van der Waals surface area contributed by atoms with E-state index in [-0.39, 0.29) is 5.97 Å². The second-order valence-corrected chi connectivity index (χ2v) is 7.25. The van der Waals surface area contributed by atoms with Crippen molar-refractivity contribution in [2.45, 2.75) is 26.4 Å². The van der Waals surface area contributed by atoms with Crippen LogP contribution in [0.25, 0.3) is 17.2 Å². The number of hydrogen-bond acceptors (Lipinski definition) is 4. The van der Waals surface area contributed by atoms with Crippen LogP contribution in [0, 0.1) is 0 Å². The molecular formula is C28H30O4. The molecule has 1 atom stereocenters. The molecule has 0 spiro atoms. The van der Waals surface area contributed by atoms with Crippen LogP contribution in [-0.2, 0) is 20.7 Å². The quantitative estimate of drug-likeness (QED) is 0.352. The van der Waals surface area contributed by atoms with E-state index >= 15 is 0 Å². The molecule has 0 radical (unpaired) electrons. The molecule has 0 aliphatic heterocycles. The summed E-state index contributed by atoms with van der Waals surface area (Å²) in [5, 5.41) is 0. The molecule has 0 heterocycles. The third kappa shape index (κ3) is 7.10. The molecule has 0 fully saturated rings. The molecule has 0 N–H and O–H groups in total. The van der Waals surface area contributed by atoms with Crippen LogP contribution >= 0.6 is 0 Å². The zero-order valence-electron chi connectivity index (χ0n) is 18.7. The monoisotopic (exact) mass is 430 g/mol. The first-order valence-corrected chi connectivity index (χ1v) is 11.0. The Morgan fingerprint density at radius 1 is 0.844 bits per heavy atom. The minimum absolute atomic E-state index is 0.323. The van der Waals surface area contributed by atoms with Crippen molar-refractivity contribution in [1.29, 1.82) is 0 Å². The van der Waals surface area contributed by atoms with Gasteiger partial charge < -0.3 is 14.2 Å². The highest BCUT2D eigenvalue weighted by atomic mass is 16.6. The maximum absolute atomic E-state index is 12.0. The average Bonchev–Trinajstić information content (AvgIpc) is 2.83. The van der Waals surface area contributed by atoms with Gasteiger partial charge in [0.25, 0.3) is 0 Å². The van der Waals surface area contributed by atoms with Gasteiger partial charge in [0.05, 0.1) is 6.61 Å². The average molecular weight is 431 g/mol. The zero-order chi connectivity index (χ0) is 22.6. The smallest absolute Gasteiger partial charge is 0.335 e. The van der Waals surface area contributed by atoms with Gasteiger partial charge in [0.2, 0.25) is 0 Å². The number of ether oxygens (including phenoxy) is 3. The summed E-state index contributed by atoms with van der Waals surface area (Å²) >= 11 is 0. The Morgan fingerprint density at radius 2 is 1.53 bits per heavy atom. The van der Waals surface area contributed by atoms with E-state index in [2.05, 4.69) is 42.5 Å². The fourth-order valence-corrected chi connectivity index (χ4v) is 3.33. The van der Waals surface area contributed by atoms with E-state index < -0.39 is 6.10 Å². The Balaban J connectivity index is 1.48. The highest BCUT2D eigenvalue weighted by Crippen LogP contribution is 2.20. The van der Waals surface area contributed by atoms with E-state index in [1.54, 1.807) is 6.92 Å². The molecule has 3 aromatic rings. The summed E-state index contributed by atoms with van der Waals surface area (Å²) in [5.74, 6) is 0.457. The summed E-state index contributed by atoms with van der Waals surface area (Å²) in [5.41, 5.74) is 4.54.